The number of hydrogen-bond donors (Lipinski definition) is 1. The van der Waals surface area contributed by atoms with Gasteiger partial charge >= 0.3 is 0 Å². The van der Waals surface area contributed by atoms with Crippen LogP contribution in [0.3, 0.4) is 0 Å². The highest BCUT2D eigenvalue weighted by Gasteiger charge is 2.26. The average molecular weight is 303 g/mol. The summed E-state index contributed by atoms with van der Waals surface area (Å²) >= 11 is 1.58. The summed E-state index contributed by atoms with van der Waals surface area (Å²) in [5, 5.41) is 0.646. The molecule has 3 nitrogen and oxygen atoms in total. The van der Waals surface area contributed by atoms with Crippen LogP contribution in [0.4, 0.5) is 5.13 Å². The second-order valence-corrected chi connectivity index (χ2v) is 7.74. The van der Waals surface area contributed by atoms with Crippen LogP contribution in [0.25, 0.3) is 0 Å². The minimum Gasteiger partial charge on any atom is -0.375 e. The molecule has 2 aromatic rings. The van der Waals surface area contributed by atoms with Crippen LogP contribution < -0.4 is 5.73 Å². The number of aromatic nitrogens is 1. The minimum absolute atomic E-state index is 0.227. The van der Waals surface area contributed by atoms with Crippen molar-refractivity contribution in [1.29, 1.82) is 0 Å². The lowest BCUT2D eigenvalue weighted by Crippen LogP contribution is -2.40. The normalized spacial score (nSPS) is 13.6. The van der Waals surface area contributed by atoms with E-state index in [1.165, 1.54) is 10.4 Å². The minimum atomic E-state index is 0.227. The molecule has 0 aliphatic carbocycles. The Morgan fingerprint density at radius 1 is 1.19 bits per heavy atom. The first-order valence-corrected chi connectivity index (χ1v) is 8.16. The number of anilines is 1. The van der Waals surface area contributed by atoms with Crippen LogP contribution in [0.5, 0.6) is 0 Å². The van der Waals surface area contributed by atoms with Crippen molar-refractivity contribution in [2.45, 2.75) is 46.8 Å². The molecule has 2 rings (SSSR count). The molecular formula is C17H25N3S. The molecule has 1 atom stereocenters. The summed E-state index contributed by atoms with van der Waals surface area (Å²) in [4.78, 5) is 7.89. The average Bonchev–Trinajstić information content (AvgIpc) is 2.83. The van der Waals surface area contributed by atoms with Crippen molar-refractivity contribution in [3.63, 3.8) is 0 Å². The van der Waals surface area contributed by atoms with E-state index in [0.29, 0.717) is 11.2 Å². The van der Waals surface area contributed by atoms with Gasteiger partial charge in [0, 0.05) is 30.2 Å². The Labute approximate surface area is 131 Å². The maximum Gasteiger partial charge on any atom is 0.180 e. The maximum atomic E-state index is 5.76. The summed E-state index contributed by atoms with van der Waals surface area (Å²) in [5.41, 5.74) is 7.32. The van der Waals surface area contributed by atoms with Gasteiger partial charge in [0.05, 0.1) is 0 Å². The van der Waals surface area contributed by atoms with Crippen molar-refractivity contribution in [2.24, 2.45) is 5.41 Å². The molecule has 0 aliphatic heterocycles. The van der Waals surface area contributed by atoms with Gasteiger partial charge in [-0.3, -0.25) is 4.90 Å². The van der Waals surface area contributed by atoms with Crippen molar-refractivity contribution in [3.8, 4) is 0 Å². The van der Waals surface area contributed by atoms with E-state index in [-0.39, 0.29) is 5.41 Å². The quantitative estimate of drug-likeness (QED) is 0.901. The van der Waals surface area contributed by atoms with Gasteiger partial charge in [-0.1, -0.05) is 51.1 Å². The van der Waals surface area contributed by atoms with E-state index in [1.54, 1.807) is 11.3 Å². The number of nitrogen functional groups attached to an aromatic ring is 1. The maximum absolute atomic E-state index is 5.76. The van der Waals surface area contributed by atoms with Crippen molar-refractivity contribution in [2.75, 3.05) is 5.73 Å². The Kier molecular flexibility index (Phi) is 5.01. The smallest absolute Gasteiger partial charge is 0.180 e. The molecule has 0 aliphatic rings. The lowest BCUT2D eigenvalue weighted by Gasteiger charge is -2.37. The molecule has 0 bridgehead atoms. The van der Waals surface area contributed by atoms with Crippen LogP contribution in [0, 0.1) is 5.41 Å². The number of nitrogens with two attached hydrogens (primary N) is 1. The highest BCUT2D eigenvalue weighted by atomic mass is 32.1. The van der Waals surface area contributed by atoms with Gasteiger partial charge in [-0.25, -0.2) is 4.98 Å². The van der Waals surface area contributed by atoms with E-state index in [1.807, 2.05) is 6.20 Å². The fraction of sp³-hybridized carbons (Fsp3) is 0.471. The monoisotopic (exact) mass is 303 g/mol. The molecule has 0 radical (unpaired) electrons. The molecule has 0 saturated heterocycles. The van der Waals surface area contributed by atoms with Crippen molar-refractivity contribution in [3.05, 3.63) is 47.0 Å². The van der Waals surface area contributed by atoms with E-state index >= 15 is 0 Å². The van der Waals surface area contributed by atoms with Crippen LogP contribution in [-0.4, -0.2) is 15.9 Å². The second-order valence-electron chi connectivity index (χ2n) is 6.60. The first-order chi connectivity index (χ1) is 9.86. The number of nitrogens with zero attached hydrogens (tertiary/aromatic N) is 2. The Morgan fingerprint density at radius 3 is 2.38 bits per heavy atom. The van der Waals surface area contributed by atoms with Crippen molar-refractivity contribution < 1.29 is 0 Å². The summed E-state index contributed by atoms with van der Waals surface area (Å²) in [6.45, 7) is 11.0. The molecule has 0 amide bonds. The van der Waals surface area contributed by atoms with Crippen LogP contribution in [-0.2, 0) is 13.1 Å². The van der Waals surface area contributed by atoms with Gasteiger partial charge in [-0.15, -0.1) is 11.3 Å². The van der Waals surface area contributed by atoms with E-state index in [0.717, 1.165) is 13.1 Å². The fourth-order valence-corrected chi connectivity index (χ4v) is 3.00. The van der Waals surface area contributed by atoms with Crippen LogP contribution >= 0.6 is 11.3 Å². The molecule has 114 valence electrons. The number of hydrogen-bond acceptors (Lipinski definition) is 4. The SMILES string of the molecule is CC(N(Cc1ccccc1)Cc1cnc(N)s1)C(C)(C)C. The Hall–Kier alpha value is -1.39. The Morgan fingerprint density at radius 2 is 1.86 bits per heavy atom. The largest absolute Gasteiger partial charge is 0.375 e. The zero-order chi connectivity index (χ0) is 15.5. The summed E-state index contributed by atoms with van der Waals surface area (Å²) in [5.74, 6) is 0. The van der Waals surface area contributed by atoms with Crippen molar-refractivity contribution in [1.82, 2.24) is 9.88 Å². The zero-order valence-electron chi connectivity index (χ0n) is 13.3. The van der Waals surface area contributed by atoms with E-state index < -0.39 is 0 Å². The lowest BCUT2D eigenvalue weighted by molar-refractivity contribution is 0.0990. The van der Waals surface area contributed by atoms with E-state index in [4.69, 9.17) is 5.73 Å². The Balaban J connectivity index is 2.17. The number of rotatable bonds is 5. The molecule has 21 heavy (non-hydrogen) atoms. The van der Waals surface area contributed by atoms with Crippen molar-refractivity contribution >= 4 is 16.5 Å². The second kappa shape index (κ2) is 6.58. The highest BCUT2D eigenvalue weighted by molar-refractivity contribution is 7.15. The molecule has 0 fully saturated rings. The first-order valence-electron chi connectivity index (χ1n) is 7.34. The standard InChI is InChI=1S/C17H25N3S/c1-13(17(2,3)4)20(11-14-8-6-5-7-9-14)12-15-10-19-16(18)21-15/h5-10,13H,11-12H2,1-4H3,(H2,18,19). The predicted molar refractivity (Wildman–Crippen MR) is 91.1 cm³/mol. The molecule has 0 saturated carbocycles. The summed E-state index contributed by atoms with van der Waals surface area (Å²) in [6.07, 6.45) is 1.90. The lowest BCUT2D eigenvalue weighted by atomic mass is 9.86. The third kappa shape index (κ3) is 4.55. The molecular weight excluding hydrogens is 278 g/mol. The van der Waals surface area contributed by atoms with Crippen LogP contribution in [0.2, 0.25) is 0 Å². The highest BCUT2D eigenvalue weighted by Crippen LogP contribution is 2.28. The molecule has 1 unspecified atom stereocenters. The van der Waals surface area contributed by atoms with Gasteiger partial charge in [-0.05, 0) is 17.9 Å². The Bertz CT molecular complexity index is 557. The van der Waals surface area contributed by atoms with Gasteiger partial charge in [0.1, 0.15) is 0 Å². The number of benzene rings is 1. The van der Waals surface area contributed by atoms with Gasteiger partial charge in [0.2, 0.25) is 0 Å². The molecule has 1 aromatic carbocycles. The van der Waals surface area contributed by atoms with E-state index in [2.05, 4.69) is 67.9 Å². The molecule has 0 spiro atoms. The van der Waals surface area contributed by atoms with Gasteiger partial charge < -0.3 is 5.73 Å². The van der Waals surface area contributed by atoms with E-state index in [9.17, 15) is 0 Å². The number of thiazole rings is 1. The molecule has 1 aromatic heterocycles. The third-order valence-corrected chi connectivity index (χ3v) is 4.77. The third-order valence-electron chi connectivity index (χ3n) is 3.96. The summed E-state index contributed by atoms with van der Waals surface area (Å²) in [6, 6.07) is 11.1. The van der Waals surface area contributed by atoms with Gasteiger partial charge in [-0.2, -0.15) is 0 Å². The topological polar surface area (TPSA) is 42.2 Å². The molecule has 2 N–H and O–H groups in total. The predicted octanol–water partition coefficient (Wildman–Crippen LogP) is 4.16. The molecule has 4 heteroatoms. The zero-order valence-corrected chi connectivity index (χ0v) is 14.2. The summed E-state index contributed by atoms with van der Waals surface area (Å²) < 4.78 is 0. The molecule has 1 heterocycles. The summed E-state index contributed by atoms with van der Waals surface area (Å²) in [7, 11) is 0. The van der Waals surface area contributed by atoms with Gasteiger partial charge in [0.15, 0.2) is 5.13 Å². The fourth-order valence-electron chi connectivity index (χ4n) is 2.29. The van der Waals surface area contributed by atoms with Gasteiger partial charge in [0.25, 0.3) is 0 Å². The van der Waals surface area contributed by atoms with Crippen LogP contribution in [0.15, 0.2) is 36.5 Å². The van der Waals surface area contributed by atoms with Crippen LogP contribution in [0.1, 0.15) is 38.1 Å². The first kappa shape index (κ1) is 16.0.